The predicted octanol–water partition coefficient (Wildman–Crippen LogP) is 1.95. The number of anilines is 1. The fraction of sp³-hybridized carbons (Fsp3) is 0.750. The number of likely N-dealkylation sites (tertiary alicyclic amines) is 2. The molecule has 3 saturated heterocycles. The Bertz CT molecular complexity index is 889. The molecular weight excluding hydrogens is 409 g/mol. The van der Waals surface area contributed by atoms with Crippen LogP contribution in [0.15, 0.2) is 0 Å². The van der Waals surface area contributed by atoms with Gasteiger partial charge in [0.15, 0.2) is 17.0 Å². The van der Waals surface area contributed by atoms with Gasteiger partial charge in [-0.25, -0.2) is 9.37 Å². The van der Waals surface area contributed by atoms with Crippen molar-refractivity contribution < 1.29 is 9.13 Å². The lowest BCUT2D eigenvalue weighted by atomic mass is 9.99. The van der Waals surface area contributed by atoms with Crippen molar-refractivity contribution in [3.8, 4) is 0 Å². The molecule has 0 spiro atoms. The molecule has 0 atom stereocenters. The first-order chi connectivity index (χ1) is 14.6. The average molecular weight is 438 g/mol. The Kier molecular flexibility index (Phi) is 5.79. The number of alkyl halides is 1. The van der Waals surface area contributed by atoms with Crippen LogP contribution in [0.3, 0.4) is 0 Å². The Hall–Kier alpha value is -1.55. The van der Waals surface area contributed by atoms with E-state index in [1.165, 1.54) is 0 Å². The molecule has 3 aliphatic rings. The van der Waals surface area contributed by atoms with E-state index in [2.05, 4.69) is 36.2 Å². The van der Waals surface area contributed by atoms with E-state index in [-0.39, 0.29) is 5.28 Å². The number of nitrogens with zero attached hydrogens (tertiary/aromatic N) is 7. The molecule has 0 saturated carbocycles. The highest BCUT2D eigenvalue weighted by Crippen LogP contribution is 2.28. The average Bonchev–Trinajstić information content (AvgIpc) is 3.09. The highest BCUT2D eigenvalue weighted by atomic mass is 35.5. The SMILES string of the molecule is CCn1c(CN2CCC(N3CC(F)C3)CC2)nc2c(N3CCOCC3)nc(Cl)nc21. The number of fused-ring (bicyclic) bond motifs is 1. The summed E-state index contributed by atoms with van der Waals surface area (Å²) in [5.41, 5.74) is 1.63. The topological polar surface area (TPSA) is 62.5 Å². The van der Waals surface area contributed by atoms with Crippen LogP contribution in [0.25, 0.3) is 11.2 Å². The van der Waals surface area contributed by atoms with E-state index in [1.54, 1.807) is 0 Å². The molecule has 0 aromatic carbocycles. The first kappa shape index (κ1) is 20.4. The smallest absolute Gasteiger partial charge is 0.226 e. The molecule has 0 unspecified atom stereocenters. The van der Waals surface area contributed by atoms with Gasteiger partial charge in [-0.3, -0.25) is 9.80 Å². The van der Waals surface area contributed by atoms with Gasteiger partial charge in [0.2, 0.25) is 5.28 Å². The molecule has 10 heteroatoms. The largest absolute Gasteiger partial charge is 0.378 e. The fourth-order valence-electron chi connectivity index (χ4n) is 4.85. The molecular formula is C20H29ClFN7O. The van der Waals surface area contributed by atoms with Crippen molar-refractivity contribution in [1.29, 1.82) is 0 Å². The van der Waals surface area contributed by atoms with E-state index >= 15 is 0 Å². The van der Waals surface area contributed by atoms with E-state index in [0.717, 1.165) is 74.9 Å². The van der Waals surface area contributed by atoms with Crippen LogP contribution in [-0.2, 0) is 17.8 Å². The van der Waals surface area contributed by atoms with Crippen LogP contribution in [-0.4, -0.2) is 94.0 Å². The normalized spacial score (nSPS) is 22.7. The zero-order chi connectivity index (χ0) is 20.7. The second kappa shape index (κ2) is 8.53. The van der Waals surface area contributed by atoms with Crippen molar-refractivity contribution in [2.75, 3.05) is 57.4 Å². The Morgan fingerprint density at radius 1 is 1.07 bits per heavy atom. The molecule has 164 valence electrons. The van der Waals surface area contributed by atoms with E-state index in [0.29, 0.717) is 32.3 Å². The highest BCUT2D eigenvalue weighted by Gasteiger charge is 2.34. The lowest BCUT2D eigenvalue weighted by Crippen LogP contribution is -2.56. The molecule has 0 radical (unpaired) electrons. The van der Waals surface area contributed by atoms with Gasteiger partial charge in [-0.05, 0) is 31.4 Å². The van der Waals surface area contributed by atoms with Gasteiger partial charge in [-0.1, -0.05) is 0 Å². The van der Waals surface area contributed by atoms with E-state index in [1.807, 2.05) is 0 Å². The molecule has 30 heavy (non-hydrogen) atoms. The summed E-state index contributed by atoms with van der Waals surface area (Å²) in [4.78, 5) is 20.9. The molecule has 0 amide bonds. The lowest BCUT2D eigenvalue weighted by molar-refractivity contribution is 0.000836. The zero-order valence-corrected chi connectivity index (χ0v) is 18.2. The van der Waals surface area contributed by atoms with Crippen LogP contribution >= 0.6 is 11.6 Å². The van der Waals surface area contributed by atoms with E-state index < -0.39 is 6.17 Å². The van der Waals surface area contributed by atoms with Gasteiger partial charge in [-0.15, -0.1) is 0 Å². The number of rotatable bonds is 5. The van der Waals surface area contributed by atoms with Crippen molar-refractivity contribution >= 4 is 28.6 Å². The summed E-state index contributed by atoms with van der Waals surface area (Å²) in [6.07, 6.45) is 1.55. The molecule has 5 heterocycles. The highest BCUT2D eigenvalue weighted by molar-refractivity contribution is 6.28. The van der Waals surface area contributed by atoms with Gasteiger partial charge in [0.1, 0.15) is 12.0 Å². The molecule has 3 aliphatic heterocycles. The number of piperidine rings is 1. The van der Waals surface area contributed by atoms with Crippen LogP contribution in [0.2, 0.25) is 5.28 Å². The van der Waals surface area contributed by atoms with Crippen molar-refractivity contribution in [3.05, 3.63) is 11.1 Å². The zero-order valence-electron chi connectivity index (χ0n) is 17.4. The monoisotopic (exact) mass is 437 g/mol. The van der Waals surface area contributed by atoms with Crippen LogP contribution in [0.5, 0.6) is 0 Å². The van der Waals surface area contributed by atoms with Crippen LogP contribution < -0.4 is 4.90 Å². The maximum Gasteiger partial charge on any atom is 0.226 e. The molecule has 5 rings (SSSR count). The van der Waals surface area contributed by atoms with Gasteiger partial charge in [0, 0.05) is 51.9 Å². The van der Waals surface area contributed by atoms with Crippen LogP contribution in [0, 0.1) is 0 Å². The van der Waals surface area contributed by atoms with Crippen LogP contribution in [0.1, 0.15) is 25.6 Å². The van der Waals surface area contributed by atoms with Crippen molar-refractivity contribution in [2.24, 2.45) is 0 Å². The molecule has 3 fully saturated rings. The number of aromatic nitrogens is 4. The van der Waals surface area contributed by atoms with Gasteiger partial charge < -0.3 is 14.2 Å². The molecule has 0 bridgehead atoms. The Morgan fingerprint density at radius 3 is 2.47 bits per heavy atom. The maximum absolute atomic E-state index is 13.2. The molecule has 8 nitrogen and oxygen atoms in total. The Morgan fingerprint density at radius 2 is 1.80 bits per heavy atom. The summed E-state index contributed by atoms with van der Waals surface area (Å²) >= 11 is 6.29. The van der Waals surface area contributed by atoms with Crippen molar-refractivity contribution in [1.82, 2.24) is 29.3 Å². The predicted molar refractivity (Wildman–Crippen MR) is 114 cm³/mol. The third-order valence-corrected chi connectivity index (χ3v) is 6.73. The third-order valence-electron chi connectivity index (χ3n) is 6.56. The first-order valence-corrected chi connectivity index (χ1v) is 11.4. The third kappa shape index (κ3) is 3.88. The maximum atomic E-state index is 13.2. The number of morpholine rings is 1. The number of ether oxygens (including phenoxy) is 1. The van der Waals surface area contributed by atoms with Gasteiger partial charge in [0.25, 0.3) is 0 Å². The second-order valence-electron chi connectivity index (χ2n) is 8.42. The molecule has 2 aromatic rings. The summed E-state index contributed by atoms with van der Waals surface area (Å²) in [7, 11) is 0. The van der Waals surface area contributed by atoms with Gasteiger partial charge in [-0.2, -0.15) is 9.97 Å². The first-order valence-electron chi connectivity index (χ1n) is 11.0. The van der Waals surface area contributed by atoms with Crippen LogP contribution in [0.4, 0.5) is 10.2 Å². The lowest BCUT2D eigenvalue weighted by Gasteiger charge is -2.44. The minimum Gasteiger partial charge on any atom is -0.378 e. The second-order valence-corrected chi connectivity index (χ2v) is 8.76. The quantitative estimate of drug-likeness (QED) is 0.662. The Labute approximate surface area is 181 Å². The number of hydrogen-bond donors (Lipinski definition) is 0. The van der Waals surface area contributed by atoms with E-state index in [9.17, 15) is 4.39 Å². The van der Waals surface area contributed by atoms with Crippen molar-refractivity contribution in [2.45, 2.75) is 45.1 Å². The number of halogens is 2. The standard InChI is InChI=1S/C20H29ClFN7O/c1-2-29-16(13-26-5-3-15(4-6-26)28-11-14(22)12-28)23-17-18(24-20(21)25-19(17)29)27-7-9-30-10-8-27/h14-15H,2-13H2,1H3. The summed E-state index contributed by atoms with van der Waals surface area (Å²) in [6, 6.07) is 0.524. The van der Waals surface area contributed by atoms with E-state index in [4.69, 9.17) is 21.3 Å². The summed E-state index contributed by atoms with van der Waals surface area (Å²) < 4.78 is 20.8. The molecule has 0 N–H and O–H groups in total. The van der Waals surface area contributed by atoms with Crippen molar-refractivity contribution in [3.63, 3.8) is 0 Å². The van der Waals surface area contributed by atoms with Gasteiger partial charge in [0.05, 0.1) is 19.8 Å². The Balaban J connectivity index is 1.35. The number of hydrogen-bond acceptors (Lipinski definition) is 7. The molecule has 2 aromatic heterocycles. The molecule has 0 aliphatic carbocycles. The minimum atomic E-state index is -0.624. The number of imidazole rings is 1. The summed E-state index contributed by atoms with van der Waals surface area (Å²) in [5, 5.41) is 0.256. The summed E-state index contributed by atoms with van der Waals surface area (Å²) in [5.74, 6) is 1.81. The number of aryl methyl sites for hydroxylation is 1. The fourth-order valence-corrected chi connectivity index (χ4v) is 5.01. The minimum absolute atomic E-state index is 0.256. The van der Waals surface area contributed by atoms with Gasteiger partial charge >= 0.3 is 0 Å². The summed E-state index contributed by atoms with van der Waals surface area (Å²) in [6.45, 7) is 9.83.